The van der Waals surface area contributed by atoms with Crippen molar-refractivity contribution in [2.45, 2.75) is 37.8 Å². The highest BCUT2D eigenvalue weighted by atomic mass is 32.2. The van der Waals surface area contributed by atoms with E-state index in [0.717, 1.165) is 37.0 Å². The summed E-state index contributed by atoms with van der Waals surface area (Å²) in [7, 11) is 0. The van der Waals surface area contributed by atoms with Gasteiger partial charge in [-0.1, -0.05) is 12.1 Å². The molecule has 2 nitrogen and oxygen atoms in total. The first-order chi connectivity index (χ1) is 10.0. The van der Waals surface area contributed by atoms with Crippen molar-refractivity contribution in [3.05, 3.63) is 35.4 Å². The zero-order chi connectivity index (χ0) is 15.3. The predicted octanol–water partition coefficient (Wildman–Crippen LogP) is 4.65. The van der Waals surface area contributed by atoms with Gasteiger partial charge in [-0.2, -0.15) is 24.9 Å². The van der Waals surface area contributed by atoms with Crippen LogP contribution in [-0.4, -0.2) is 24.9 Å². The topological polar surface area (TPSA) is 18.5 Å². The maximum atomic E-state index is 12.6. The fourth-order valence-electron chi connectivity index (χ4n) is 2.25. The highest BCUT2D eigenvalue weighted by molar-refractivity contribution is 7.98. The van der Waals surface area contributed by atoms with E-state index in [-0.39, 0.29) is 12.4 Å². The van der Waals surface area contributed by atoms with Crippen molar-refractivity contribution in [1.29, 1.82) is 0 Å². The van der Waals surface area contributed by atoms with E-state index in [0.29, 0.717) is 12.4 Å². The summed E-state index contributed by atoms with van der Waals surface area (Å²) in [4.78, 5) is 0. The highest BCUT2D eigenvalue weighted by Gasteiger charge is 2.30. The van der Waals surface area contributed by atoms with Crippen molar-refractivity contribution in [3.8, 4) is 0 Å². The van der Waals surface area contributed by atoms with Gasteiger partial charge in [-0.15, -0.1) is 0 Å². The van der Waals surface area contributed by atoms with Crippen molar-refractivity contribution in [2.24, 2.45) is 0 Å². The lowest BCUT2D eigenvalue weighted by Gasteiger charge is -2.28. The van der Waals surface area contributed by atoms with E-state index in [1.165, 1.54) is 12.1 Å². The zero-order valence-corrected chi connectivity index (χ0v) is 12.7. The van der Waals surface area contributed by atoms with Crippen LogP contribution in [0, 0.1) is 0 Å². The van der Waals surface area contributed by atoms with Gasteiger partial charge in [0.1, 0.15) is 0 Å². The van der Waals surface area contributed by atoms with Crippen molar-refractivity contribution in [1.82, 2.24) is 0 Å². The van der Waals surface area contributed by atoms with Gasteiger partial charge in [-0.3, -0.25) is 0 Å². The van der Waals surface area contributed by atoms with Gasteiger partial charge in [0.2, 0.25) is 0 Å². The number of hydrogen-bond acceptors (Lipinski definition) is 3. The first-order valence-corrected chi connectivity index (χ1v) is 8.33. The Morgan fingerprint density at radius 3 is 2.52 bits per heavy atom. The number of alkyl halides is 3. The molecule has 0 N–H and O–H groups in total. The Bertz CT molecular complexity index is 428. The van der Waals surface area contributed by atoms with Crippen LogP contribution in [0.2, 0.25) is 0 Å². The molecule has 0 radical (unpaired) electrons. The van der Waals surface area contributed by atoms with E-state index >= 15 is 0 Å². The number of thioether (sulfide) groups is 1. The molecule has 1 unspecified atom stereocenters. The normalized spacial score (nSPS) is 21.2. The Hall–Kier alpha value is -0.720. The van der Waals surface area contributed by atoms with Crippen LogP contribution < -0.4 is 0 Å². The second-order valence-electron chi connectivity index (χ2n) is 5.00. The zero-order valence-electron chi connectivity index (χ0n) is 11.9. The molecule has 1 heterocycles. The largest absolute Gasteiger partial charge is 0.416 e. The molecular formula is C15H19F3O2S. The van der Waals surface area contributed by atoms with E-state index < -0.39 is 11.7 Å². The average molecular weight is 320 g/mol. The van der Waals surface area contributed by atoms with Crippen LogP contribution in [0.1, 0.15) is 36.5 Å². The Morgan fingerprint density at radius 2 is 2.00 bits per heavy atom. The van der Waals surface area contributed by atoms with Crippen LogP contribution in [0.5, 0.6) is 0 Å². The van der Waals surface area contributed by atoms with Gasteiger partial charge in [0, 0.05) is 12.4 Å². The van der Waals surface area contributed by atoms with Crippen LogP contribution in [0.25, 0.3) is 0 Å². The first-order valence-electron chi connectivity index (χ1n) is 6.94. The molecule has 1 aliphatic heterocycles. The number of halogens is 3. The molecule has 0 spiro atoms. The predicted molar refractivity (Wildman–Crippen MR) is 77.2 cm³/mol. The van der Waals surface area contributed by atoms with E-state index in [1.807, 2.05) is 6.26 Å². The molecule has 2 atom stereocenters. The molecule has 21 heavy (non-hydrogen) atoms. The van der Waals surface area contributed by atoms with E-state index in [4.69, 9.17) is 9.47 Å². The quantitative estimate of drug-likeness (QED) is 0.786. The third-order valence-corrected chi connectivity index (χ3v) is 4.02. The third kappa shape index (κ3) is 4.90. The van der Waals surface area contributed by atoms with Crippen LogP contribution in [0.3, 0.4) is 0 Å². The SMILES string of the molecule is CSCC(O[C@H]1CCCCO1)c1ccc(C(F)(F)F)cc1. The molecule has 6 heteroatoms. The van der Waals surface area contributed by atoms with E-state index in [1.54, 1.807) is 11.8 Å². The molecule has 1 aromatic rings. The standard InChI is InChI=1S/C15H19F3O2S/c1-21-10-13(20-14-4-2-3-9-19-14)11-5-7-12(8-6-11)15(16,17)18/h5-8,13-14H,2-4,9-10H2,1H3/t13?,14-/m0/s1. The number of ether oxygens (including phenoxy) is 2. The lowest BCUT2D eigenvalue weighted by molar-refractivity contribution is -0.185. The van der Waals surface area contributed by atoms with Crippen LogP contribution in [0.15, 0.2) is 24.3 Å². The molecular weight excluding hydrogens is 301 g/mol. The van der Waals surface area contributed by atoms with Crippen LogP contribution in [-0.2, 0) is 15.7 Å². The summed E-state index contributed by atoms with van der Waals surface area (Å²) in [5, 5.41) is 0. The fourth-order valence-corrected chi connectivity index (χ4v) is 2.83. The van der Waals surface area contributed by atoms with Gasteiger partial charge < -0.3 is 9.47 Å². The number of benzene rings is 1. The minimum absolute atomic E-state index is 0.245. The lowest BCUT2D eigenvalue weighted by atomic mass is 10.1. The molecule has 0 aliphatic carbocycles. The van der Waals surface area contributed by atoms with Crippen molar-refractivity contribution >= 4 is 11.8 Å². The average Bonchev–Trinajstić information content (AvgIpc) is 2.47. The number of hydrogen-bond donors (Lipinski definition) is 0. The second kappa shape index (κ2) is 7.51. The van der Waals surface area contributed by atoms with E-state index in [2.05, 4.69) is 0 Å². The van der Waals surface area contributed by atoms with Gasteiger partial charge in [0.05, 0.1) is 11.7 Å². The summed E-state index contributed by atoms with van der Waals surface area (Å²) >= 11 is 1.60. The summed E-state index contributed by atoms with van der Waals surface area (Å²) in [6, 6.07) is 5.20. The van der Waals surface area contributed by atoms with E-state index in [9.17, 15) is 13.2 Å². The first kappa shape index (κ1) is 16.6. The molecule has 118 valence electrons. The molecule has 0 amide bonds. The maximum absolute atomic E-state index is 12.6. The molecule has 1 saturated heterocycles. The minimum Gasteiger partial charge on any atom is -0.353 e. The summed E-state index contributed by atoms with van der Waals surface area (Å²) in [5.41, 5.74) is 0.120. The molecule has 1 aromatic carbocycles. The number of rotatable bonds is 5. The molecule has 0 aromatic heterocycles. The summed E-state index contributed by atoms with van der Waals surface area (Å²) in [6.07, 6.45) is 0.0783. The van der Waals surface area contributed by atoms with Crippen molar-refractivity contribution in [3.63, 3.8) is 0 Å². The highest BCUT2D eigenvalue weighted by Crippen LogP contribution is 2.32. The van der Waals surface area contributed by atoms with Crippen molar-refractivity contribution < 1.29 is 22.6 Å². The second-order valence-corrected chi connectivity index (χ2v) is 5.91. The van der Waals surface area contributed by atoms with Crippen LogP contribution >= 0.6 is 11.8 Å². The summed E-state index contributed by atoms with van der Waals surface area (Å²) in [5.74, 6) is 0.686. The molecule has 1 aliphatic rings. The monoisotopic (exact) mass is 320 g/mol. The van der Waals surface area contributed by atoms with Crippen molar-refractivity contribution in [2.75, 3.05) is 18.6 Å². The minimum atomic E-state index is -4.30. The summed E-state index contributed by atoms with van der Waals surface area (Å²) in [6.45, 7) is 0.684. The van der Waals surface area contributed by atoms with Gasteiger partial charge in [-0.25, -0.2) is 0 Å². The molecule has 1 fully saturated rings. The molecule has 2 rings (SSSR count). The maximum Gasteiger partial charge on any atom is 0.416 e. The Kier molecular flexibility index (Phi) is 5.96. The van der Waals surface area contributed by atoms with Gasteiger partial charge >= 0.3 is 6.18 Å². The summed E-state index contributed by atoms with van der Waals surface area (Å²) < 4.78 is 49.2. The Labute approximate surface area is 127 Å². The Balaban J connectivity index is 2.06. The molecule has 0 saturated carbocycles. The third-order valence-electron chi connectivity index (χ3n) is 3.38. The molecule has 0 bridgehead atoms. The lowest BCUT2D eigenvalue weighted by Crippen LogP contribution is -2.25. The fraction of sp³-hybridized carbons (Fsp3) is 0.600. The Morgan fingerprint density at radius 1 is 1.29 bits per heavy atom. The smallest absolute Gasteiger partial charge is 0.353 e. The van der Waals surface area contributed by atoms with Gasteiger partial charge in [0.15, 0.2) is 6.29 Å². The van der Waals surface area contributed by atoms with Gasteiger partial charge in [-0.05, 0) is 43.2 Å². The van der Waals surface area contributed by atoms with Gasteiger partial charge in [0.25, 0.3) is 0 Å². The van der Waals surface area contributed by atoms with Crippen LogP contribution in [0.4, 0.5) is 13.2 Å².